The Bertz CT molecular complexity index is 167. The van der Waals surface area contributed by atoms with Gasteiger partial charge in [0.25, 0.3) is 0 Å². The van der Waals surface area contributed by atoms with Crippen LogP contribution in [0, 0.1) is 5.92 Å². The van der Waals surface area contributed by atoms with Crippen LogP contribution in [-0.2, 0) is 4.79 Å². The van der Waals surface area contributed by atoms with E-state index in [-0.39, 0.29) is 6.42 Å². The zero-order valence-electron chi connectivity index (χ0n) is 7.33. The molecular weight excluding hydrogens is 152 g/mol. The third-order valence-electron chi connectivity index (χ3n) is 2.35. The SMILES string of the molecule is O=C(O)CC=CC1CCCCC1. The van der Waals surface area contributed by atoms with E-state index < -0.39 is 5.97 Å². The van der Waals surface area contributed by atoms with E-state index in [4.69, 9.17) is 5.11 Å². The van der Waals surface area contributed by atoms with Crippen LogP contribution in [0.15, 0.2) is 12.2 Å². The molecule has 1 N–H and O–H groups in total. The van der Waals surface area contributed by atoms with Crippen molar-refractivity contribution >= 4 is 5.97 Å². The Morgan fingerprint density at radius 3 is 2.58 bits per heavy atom. The van der Waals surface area contributed by atoms with Crippen LogP contribution >= 0.6 is 0 Å². The molecule has 0 amide bonds. The molecule has 0 aliphatic heterocycles. The van der Waals surface area contributed by atoms with Crippen molar-refractivity contribution in [1.29, 1.82) is 0 Å². The van der Waals surface area contributed by atoms with Gasteiger partial charge in [-0.05, 0) is 18.8 Å². The zero-order valence-corrected chi connectivity index (χ0v) is 7.33. The first-order chi connectivity index (χ1) is 5.79. The number of carbonyl (C=O) groups is 1. The Hall–Kier alpha value is -0.790. The molecule has 0 bridgehead atoms. The summed E-state index contributed by atoms with van der Waals surface area (Å²) in [6, 6.07) is 0. The first-order valence-corrected chi connectivity index (χ1v) is 4.67. The van der Waals surface area contributed by atoms with Crippen LogP contribution < -0.4 is 0 Å². The highest BCUT2D eigenvalue weighted by atomic mass is 16.4. The molecule has 0 aromatic heterocycles. The van der Waals surface area contributed by atoms with Crippen LogP contribution in [-0.4, -0.2) is 11.1 Å². The lowest BCUT2D eigenvalue weighted by molar-refractivity contribution is -0.136. The van der Waals surface area contributed by atoms with Crippen LogP contribution in [0.5, 0.6) is 0 Å². The third kappa shape index (κ3) is 3.56. The van der Waals surface area contributed by atoms with Crippen molar-refractivity contribution in [2.24, 2.45) is 5.92 Å². The standard InChI is InChI=1S/C10H16O2/c11-10(12)8-4-7-9-5-2-1-3-6-9/h4,7,9H,1-3,5-6,8H2,(H,11,12). The summed E-state index contributed by atoms with van der Waals surface area (Å²) in [5.41, 5.74) is 0. The smallest absolute Gasteiger partial charge is 0.307 e. The Balaban J connectivity index is 2.19. The largest absolute Gasteiger partial charge is 0.481 e. The van der Waals surface area contributed by atoms with E-state index in [0.717, 1.165) is 0 Å². The van der Waals surface area contributed by atoms with Gasteiger partial charge in [-0.3, -0.25) is 4.79 Å². The van der Waals surface area contributed by atoms with Gasteiger partial charge in [0.05, 0.1) is 6.42 Å². The molecule has 0 aromatic rings. The summed E-state index contributed by atoms with van der Waals surface area (Å²) in [5.74, 6) is -0.0832. The molecule has 1 fully saturated rings. The Kier molecular flexibility index (Phi) is 3.85. The number of allylic oxidation sites excluding steroid dienone is 1. The molecule has 0 atom stereocenters. The maximum absolute atomic E-state index is 10.2. The summed E-state index contributed by atoms with van der Waals surface area (Å²) in [7, 11) is 0. The van der Waals surface area contributed by atoms with Gasteiger partial charge in [0.1, 0.15) is 0 Å². The Morgan fingerprint density at radius 1 is 1.33 bits per heavy atom. The first-order valence-electron chi connectivity index (χ1n) is 4.67. The molecule has 2 heteroatoms. The minimum Gasteiger partial charge on any atom is -0.481 e. The summed E-state index contributed by atoms with van der Waals surface area (Å²) in [6.07, 6.45) is 10.5. The average molecular weight is 168 g/mol. The van der Waals surface area contributed by atoms with E-state index in [9.17, 15) is 4.79 Å². The van der Waals surface area contributed by atoms with Gasteiger partial charge in [0.15, 0.2) is 0 Å². The topological polar surface area (TPSA) is 37.3 Å². The summed E-state index contributed by atoms with van der Waals surface area (Å²) in [6.45, 7) is 0. The molecule has 0 saturated heterocycles. The maximum Gasteiger partial charge on any atom is 0.307 e. The lowest BCUT2D eigenvalue weighted by Gasteiger charge is -2.17. The monoisotopic (exact) mass is 168 g/mol. The number of aliphatic carboxylic acids is 1. The number of carboxylic acids is 1. The molecule has 68 valence electrons. The number of carboxylic acid groups (broad SMARTS) is 1. The van der Waals surface area contributed by atoms with E-state index >= 15 is 0 Å². The zero-order chi connectivity index (χ0) is 8.81. The minimum absolute atomic E-state index is 0.177. The molecule has 1 rings (SSSR count). The molecule has 1 aliphatic carbocycles. The van der Waals surface area contributed by atoms with Crippen molar-refractivity contribution in [3.05, 3.63) is 12.2 Å². The van der Waals surface area contributed by atoms with E-state index in [1.54, 1.807) is 6.08 Å². The second-order valence-electron chi connectivity index (χ2n) is 3.42. The van der Waals surface area contributed by atoms with Gasteiger partial charge in [0, 0.05) is 0 Å². The van der Waals surface area contributed by atoms with E-state index in [1.165, 1.54) is 32.1 Å². The molecule has 0 unspecified atom stereocenters. The fourth-order valence-corrected chi connectivity index (χ4v) is 1.69. The van der Waals surface area contributed by atoms with Crippen LogP contribution in [0.4, 0.5) is 0 Å². The van der Waals surface area contributed by atoms with Gasteiger partial charge in [-0.1, -0.05) is 31.4 Å². The first kappa shape index (κ1) is 9.30. The normalized spacial score (nSPS) is 20.0. The number of hydrogen-bond donors (Lipinski definition) is 1. The van der Waals surface area contributed by atoms with Crippen LogP contribution in [0.1, 0.15) is 38.5 Å². The quantitative estimate of drug-likeness (QED) is 0.658. The van der Waals surface area contributed by atoms with Gasteiger partial charge in [-0.2, -0.15) is 0 Å². The lowest BCUT2D eigenvalue weighted by Crippen LogP contribution is -2.02. The second-order valence-corrected chi connectivity index (χ2v) is 3.42. The molecule has 1 saturated carbocycles. The van der Waals surface area contributed by atoms with E-state index in [1.807, 2.05) is 0 Å². The van der Waals surface area contributed by atoms with Gasteiger partial charge >= 0.3 is 5.97 Å². The van der Waals surface area contributed by atoms with Crippen molar-refractivity contribution in [2.75, 3.05) is 0 Å². The minimum atomic E-state index is -0.734. The molecule has 0 radical (unpaired) electrons. The maximum atomic E-state index is 10.2. The molecule has 12 heavy (non-hydrogen) atoms. The highest BCUT2D eigenvalue weighted by Gasteiger charge is 2.09. The molecule has 0 spiro atoms. The number of hydrogen-bond acceptors (Lipinski definition) is 1. The fourth-order valence-electron chi connectivity index (χ4n) is 1.69. The van der Waals surface area contributed by atoms with Crippen LogP contribution in [0.3, 0.4) is 0 Å². The Morgan fingerprint density at radius 2 is 2.00 bits per heavy atom. The van der Waals surface area contributed by atoms with Gasteiger partial charge in [-0.25, -0.2) is 0 Å². The summed E-state index contributed by atoms with van der Waals surface area (Å²) in [5, 5.41) is 8.39. The fraction of sp³-hybridized carbons (Fsp3) is 0.700. The molecule has 2 nitrogen and oxygen atoms in total. The third-order valence-corrected chi connectivity index (χ3v) is 2.35. The molecule has 1 aliphatic rings. The molecule has 0 heterocycles. The van der Waals surface area contributed by atoms with Crippen LogP contribution in [0.2, 0.25) is 0 Å². The average Bonchev–Trinajstić information content (AvgIpc) is 2.05. The van der Waals surface area contributed by atoms with Crippen molar-refractivity contribution in [3.63, 3.8) is 0 Å². The second kappa shape index (κ2) is 4.96. The predicted molar refractivity (Wildman–Crippen MR) is 48.0 cm³/mol. The lowest BCUT2D eigenvalue weighted by atomic mass is 9.89. The van der Waals surface area contributed by atoms with Crippen molar-refractivity contribution in [2.45, 2.75) is 38.5 Å². The highest BCUT2D eigenvalue weighted by Crippen LogP contribution is 2.24. The molecular formula is C10H16O2. The Labute approximate surface area is 73.3 Å². The summed E-state index contributed by atoms with van der Waals surface area (Å²) >= 11 is 0. The van der Waals surface area contributed by atoms with E-state index in [2.05, 4.69) is 6.08 Å². The summed E-state index contributed by atoms with van der Waals surface area (Å²) in [4.78, 5) is 10.2. The van der Waals surface area contributed by atoms with Crippen LogP contribution in [0.25, 0.3) is 0 Å². The van der Waals surface area contributed by atoms with Crippen molar-refractivity contribution < 1.29 is 9.90 Å². The predicted octanol–water partition coefficient (Wildman–Crippen LogP) is 2.60. The summed E-state index contributed by atoms with van der Waals surface area (Å²) < 4.78 is 0. The number of rotatable bonds is 3. The van der Waals surface area contributed by atoms with E-state index in [0.29, 0.717) is 5.92 Å². The van der Waals surface area contributed by atoms with Gasteiger partial charge in [-0.15, -0.1) is 0 Å². The van der Waals surface area contributed by atoms with Gasteiger partial charge in [0.2, 0.25) is 0 Å². The van der Waals surface area contributed by atoms with Crippen molar-refractivity contribution in [1.82, 2.24) is 0 Å². The van der Waals surface area contributed by atoms with Crippen molar-refractivity contribution in [3.8, 4) is 0 Å². The van der Waals surface area contributed by atoms with Gasteiger partial charge < -0.3 is 5.11 Å². The molecule has 0 aromatic carbocycles. The highest BCUT2D eigenvalue weighted by molar-refractivity contribution is 5.68.